The van der Waals surface area contributed by atoms with E-state index in [0.717, 1.165) is 17.1 Å². The molecule has 2 rings (SSSR count). The molecular weight excluding hydrogens is 288 g/mol. The standard InChI is InChI=1S/C19H22N2O2/c1-13(22)14-5-7-15(8-6-14)20-16-9-11-17(12-10-16)21-18(23)19(2,3)4/h5-12,20H,1-4H3,(H,21,23). The minimum atomic E-state index is -0.421. The first kappa shape index (κ1) is 16.7. The van der Waals surface area contributed by atoms with Crippen molar-refractivity contribution in [3.05, 3.63) is 54.1 Å². The molecule has 0 radical (unpaired) electrons. The monoisotopic (exact) mass is 310 g/mol. The van der Waals surface area contributed by atoms with E-state index in [2.05, 4.69) is 10.6 Å². The molecule has 120 valence electrons. The Labute approximate surface area is 136 Å². The van der Waals surface area contributed by atoms with Crippen LogP contribution in [0, 0.1) is 5.41 Å². The van der Waals surface area contributed by atoms with Crippen LogP contribution in [0.5, 0.6) is 0 Å². The van der Waals surface area contributed by atoms with Crippen molar-refractivity contribution in [2.45, 2.75) is 27.7 Å². The molecule has 0 aliphatic rings. The lowest BCUT2D eigenvalue weighted by atomic mass is 9.95. The zero-order valence-electron chi connectivity index (χ0n) is 13.9. The van der Waals surface area contributed by atoms with Gasteiger partial charge >= 0.3 is 0 Å². The fourth-order valence-electron chi connectivity index (χ4n) is 1.91. The first-order valence-corrected chi connectivity index (χ1v) is 7.55. The Hall–Kier alpha value is -2.62. The number of carbonyl (C=O) groups excluding carboxylic acids is 2. The minimum absolute atomic E-state index is 0.0157. The molecule has 0 bridgehead atoms. The molecule has 0 heterocycles. The first-order chi connectivity index (χ1) is 10.8. The summed E-state index contributed by atoms with van der Waals surface area (Å²) in [5, 5.41) is 6.15. The van der Waals surface area contributed by atoms with Gasteiger partial charge in [-0.1, -0.05) is 20.8 Å². The van der Waals surface area contributed by atoms with Crippen molar-refractivity contribution in [2.75, 3.05) is 10.6 Å². The number of anilines is 3. The van der Waals surface area contributed by atoms with Crippen molar-refractivity contribution in [3.8, 4) is 0 Å². The Bertz CT molecular complexity index is 696. The van der Waals surface area contributed by atoms with Gasteiger partial charge in [-0.3, -0.25) is 9.59 Å². The van der Waals surface area contributed by atoms with Crippen LogP contribution in [0.2, 0.25) is 0 Å². The third-order valence-corrected chi connectivity index (χ3v) is 3.40. The fraction of sp³-hybridized carbons (Fsp3) is 0.263. The summed E-state index contributed by atoms with van der Waals surface area (Å²) in [6.07, 6.45) is 0. The topological polar surface area (TPSA) is 58.2 Å². The van der Waals surface area contributed by atoms with Crippen LogP contribution in [-0.4, -0.2) is 11.7 Å². The zero-order valence-corrected chi connectivity index (χ0v) is 13.9. The molecular formula is C19H22N2O2. The first-order valence-electron chi connectivity index (χ1n) is 7.55. The van der Waals surface area contributed by atoms with Crippen LogP contribution in [0.25, 0.3) is 0 Å². The fourth-order valence-corrected chi connectivity index (χ4v) is 1.91. The summed E-state index contributed by atoms with van der Waals surface area (Å²) in [4.78, 5) is 23.2. The number of hydrogen-bond acceptors (Lipinski definition) is 3. The highest BCUT2D eigenvalue weighted by atomic mass is 16.2. The quantitative estimate of drug-likeness (QED) is 0.810. The molecule has 0 atom stereocenters. The van der Waals surface area contributed by atoms with Gasteiger partial charge < -0.3 is 10.6 Å². The average Bonchev–Trinajstić information content (AvgIpc) is 2.49. The van der Waals surface area contributed by atoms with Gasteiger partial charge in [-0.15, -0.1) is 0 Å². The Morgan fingerprint density at radius 2 is 1.22 bits per heavy atom. The van der Waals surface area contributed by atoms with Crippen LogP contribution in [0.4, 0.5) is 17.1 Å². The summed E-state index contributed by atoms with van der Waals surface area (Å²) in [7, 11) is 0. The van der Waals surface area contributed by atoms with Gasteiger partial charge in [-0.05, 0) is 55.5 Å². The van der Waals surface area contributed by atoms with Crippen LogP contribution in [-0.2, 0) is 4.79 Å². The molecule has 2 aromatic carbocycles. The minimum Gasteiger partial charge on any atom is -0.356 e. The van der Waals surface area contributed by atoms with Crippen molar-refractivity contribution in [1.82, 2.24) is 0 Å². The number of hydrogen-bond donors (Lipinski definition) is 2. The van der Waals surface area contributed by atoms with Crippen LogP contribution in [0.3, 0.4) is 0 Å². The molecule has 23 heavy (non-hydrogen) atoms. The van der Waals surface area contributed by atoms with Gasteiger partial charge in [0, 0.05) is 28.0 Å². The maximum atomic E-state index is 11.9. The molecule has 0 unspecified atom stereocenters. The lowest BCUT2D eigenvalue weighted by Crippen LogP contribution is -2.27. The second-order valence-corrected chi connectivity index (χ2v) is 6.54. The molecule has 0 aromatic heterocycles. The molecule has 2 aromatic rings. The number of Topliss-reactive ketones (excluding diaryl/α,β-unsaturated/α-hetero) is 1. The van der Waals surface area contributed by atoms with Crippen LogP contribution in [0.1, 0.15) is 38.1 Å². The number of benzene rings is 2. The van der Waals surface area contributed by atoms with E-state index in [4.69, 9.17) is 0 Å². The lowest BCUT2D eigenvalue weighted by Gasteiger charge is -2.17. The molecule has 2 N–H and O–H groups in total. The van der Waals surface area contributed by atoms with E-state index in [0.29, 0.717) is 5.56 Å². The Morgan fingerprint density at radius 3 is 1.65 bits per heavy atom. The zero-order chi connectivity index (χ0) is 17.0. The largest absolute Gasteiger partial charge is 0.356 e. The third kappa shape index (κ3) is 4.68. The van der Waals surface area contributed by atoms with Crippen molar-refractivity contribution in [1.29, 1.82) is 0 Å². The number of amides is 1. The Balaban J connectivity index is 2.02. The molecule has 4 nitrogen and oxygen atoms in total. The van der Waals surface area contributed by atoms with Crippen molar-refractivity contribution in [2.24, 2.45) is 5.41 Å². The Kier molecular flexibility index (Phi) is 4.84. The molecule has 0 aliphatic carbocycles. The summed E-state index contributed by atoms with van der Waals surface area (Å²) in [5.41, 5.74) is 2.85. The SMILES string of the molecule is CC(=O)c1ccc(Nc2ccc(NC(=O)C(C)(C)C)cc2)cc1. The van der Waals surface area contributed by atoms with Gasteiger partial charge in [0.25, 0.3) is 0 Å². The van der Waals surface area contributed by atoms with Crippen molar-refractivity contribution in [3.63, 3.8) is 0 Å². The molecule has 0 saturated heterocycles. The van der Waals surface area contributed by atoms with E-state index in [-0.39, 0.29) is 11.7 Å². The predicted molar refractivity (Wildman–Crippen MR) is 94.3 cm³/mol. The van der Waals surface area contributed by atoms with Crippen LogP contribution < -0.4 is 10.6 Å². The maximum Gasteiger partial charge on any atom is 0.229 e. The second-order valence-electron chi connectivity index (χ2n) is 6.54. The molecule has 0 saturated carbocycles. The molecule has 0 fully saturated rings. The summed E-state index contributed by atoms with van der Waals surface area (Å²) in [5.74, 6) is 0.0357. The summed E-state index contributed by atoms with van der Waals surface area (Å²) in [6, 6.07) is 14.8. The second kappa shape index (κ2) is 6.65. The van der Waals surface area contributed by atoms with Gasteiger partial charge in [-0.25, -0.2) is 0 Å². The van der Waals surface area contributed by atoms with E-state index in [1.807, 2.05) is 57.2 Å². The van der Waals surface area contributed by atoms with Gasteiger partial charge in [0.15, 0.2) is 5.78 Å². The molecule has 0 aliphatic heterocycles. The number of carbonyl (C=O) groups is 2. The van der Waals surface area contributed by atoms with Crippen LogP contribution >= 0.6 is 0 Å². The maximum absolute atomic E-state index is 11.9. The average molecular weight is 310 g/mol. The van der Waals surface area contributed by atoms with E-state index < -0.39 is 5.41 Å². The van der Waals surface area contributed by atoms with Gasteiger partial charge in [-0.2, -0.15) is 0 Å². The molecule has 4 heteroatoms. The predicted octanol–water partition coefficient (Wildman–Crippen LogP) is 4.62. The van der Waals surface area contributed by atoms with Crippen molar-refractivity contribution >= 4 is 28.8 Å². The van der Waals surface area contributed by atoms with Gasteiger partial charge in [0.05, 0.1) is 0 Å². The van der Waals surface area contributed by atoms with E-state index in [1.54, 1.807) is 19.1 Å². The smallest absolute Gasteiger partial charge is 0.229 e. The van der Waals surface area contributed by atoms with Crippen molar-refractivity contribution < 1.29 is 9.59 Å². The third-order valence-electron chi connectivity index (χ3n) is 3.40. The molecule has 0 spiro atoms. The Morgan fingerprint density at radius 1 is 0.783 bits per heavy atom. The summed E-state index contributed by atoms with van der Waals surface area (Å²) >= 11 is 0. The highest BCUT2D eigenvalue weighted by Gasteiger charge is 2.20. The normalized spacial score (nSPS) is 11.0. The lowest BCUT2D eigenvalue weighted by molar-refractivity contribution is -0.123. The van der Waals surface area contributed by atoms with Gasteiger partial charge in [0.2, 0.25) is 5.91 Å². The van der Waals surface area contributed by atoms with E-state index in [9.17, 15) is 9.59 Å². The van der Waals surface area contributed by atoms with E-state index in [1.165, 1.54) is 0 Å². The highest BCUT2D eigenvalue weighted by molar-refractivity contribution is 5.95. The van der Waals surface area contributed by atoms with E-state index >= 15 is 0 Å². The number of ketones is 1. The van der Waals surface area contributed by atoms with Gasteiger partial charge in [0.1, 0.15) is 0 Å². The number of nitrogens with one attached hydrogen (secondary N) is 2. The number of rotatable bonds is 4. The molecule has 1 amide bonds. The highest BCUT2D eigenvalue weighted by Crippen LogP contribution is 2.21. The summed E-state index contributed by atoms with van der Waals surface area (Å²) in [6.45, 7) is 7.18. The summed E-state index contributed by atoms with van der Waals surface area (Å²) < 4.78 is 0. The van der Waals surface area contributed by atoms with Crippen LogP contribution in [0.15, 0.2) is 48.5 Å².